The maximum absolute atomic E-state index is 12.7. The van der Waals surface area contributed by atoms with Gasteiger partial charge in [0.1, 0.15) is 12.8 Å². The van der Waals surface area contributed by atoms with E-state index in [2.05, 4.69) is 0 Å². The average Bonchev–Trinajstić information content (AvgIpc) is 2.15. The third kappa shape index (κ3) is 7.24. The Hall–Kier alpha value is -0.190. The van der Waals surface area contributed by atoms with Crippen LogP contribution in [0.5, 0.6) is 0 Å². The highest BCUT2D eigenvalue weighted by Crippen LogP contribution is 2.14. The number of hydrogen-bond acceptors (Lipinski definition) is 2. The molecule has 0 radical (unpaired) electrons. The van der Waals surface area contributed by atoms with E-state index in [0.717, 1.165) is 0 Å². The molecule has 84 valence electrons. The van der Waals surface area contributed by atoms with Crippen LogP contribution in [-0.2, 0) is 4.79 Å². The molecule has 0 aliphatic rings. The number of thioether (sulfide) groups is 1. The van der Waals surface area contributed by atoms with Gasteiger partial charge in [-0.15, -0.1) is 0 Å². The summed E-state index contributed by atoms with van der Waals surface area (Å²) in [6.45, 7) is 0.201. The molecule has 0 aromatic carbocycles. The first-order valence-corrected chi connectivity index (χ1v) is 5.54. The van der Waals surface area contributed by atoms with Crippen molar-refractivity contribution in [3.05, 3.63) is 0 Å². The van der Waals surface area contributed by atoms with Crippen LogP contribution in [-0.4, -0.2) is 29.9 Å². The van der Waals surface area contributed by atoms with Gasteiger partial charge in [0.05, 0.1) is 0 Å². The third-order valence-corrected chi connectivity index (χ3v) is 2.62. The number of carbonyl (C=O) groups is 1. The molecular formula is C9H15F3OS. The predicted octanol–water partition coefficient (Wildman–Crippen LogP) is 3.08. The van der Waals surface area contributed by atoms with Crippen molar-refractivity contribution in [1.82, 2.24) is 0 Å². The van der Waals surface area contributed by atoms with Crippen molar-refractivity contribution >= 4 is 16.9 Å². The van der Waals surface area contributed by atoms with E-state index in [1.54, 1.807) is 0 Å². The summed E-state index contributed by atoms with van der Waals surface area (Å²) in [5.74, 6) is 0.620. The molecule has 0 aromatic heterocycles. The fourth-order valence-electron chi connectivity index (χ4n) is 0.935. The zero-order valence-corrected chi connectivity index (χ0v) is 8.96. The summed E-state index contributed by atoms with van der Waals surface area (Å²) in [5, 5.41) is 0.0222. The lowest BCUT2D eigenvalue weighted by molar-refractivity contribution is -0.109. The van der Waals surface area contributed by atoms with E-state index >= 15 is 0 Å². The largest absolute Gasteiger partial charge is 0.288 e. The SMILES string of the molecule is CC(=O)SCCCCC(F)C(F)CF. The Balaban J connectivity index is 3.31. The summed E-state index contributed by atoms with van der Waals surface area (Å²) in [7, 11) is 0. The molecule has 0 heterocycles. The molecule has 0 fully saturated rings. The van der Waals surface area contributed by atoms with Crippen LogP contribution < -0.4 is 0 Å². The molecule has 1 nitrogen and oxygen atoms in total. The minimum atomic E-state index is -1.99. The quantitative estimate of drug-likeness (QED) is 0.623. The van der Waals surface area contributed by atoms with Crippen molar-refractivity contribution in [2.75, 3.05) is 12.4 Å². The molecule has 0 rings (SSSR count). The molecule has 0 aliphatic heterocycles. The van der Waals surface area contributed by atoms with Crippen molar-refractivity contribution in [3.8, 4) is 0 Å². The maximum Gasteiger partial charge on any atom is 0.185 e. The molecule has 0 amide bonds. The van der Waals surface area contributed by atoms with Gasteiger partial charge in [-0.25, -0.2) is 13.2 Å². The number of alkyl halides is 3. The molecule has 0 saturated carbocycles. The van der Waals surface area contributed by atoms with E-state index in [-0.39, 0.29) is 11.5 Å². The van der Waals surface area contributed by atoms with Gasteiger partial charge in [-0.1, -0.05) is 11.8 Å². The third-order valence-electron chi connectivity index (χ3n) is 1.72. The highest BCUT2D eigenvalue weighted by atomic mass is 32.2. The Morgan fingerprint density at radius 3 is 2.43 bits per heavy atom. The summed E-state index contributed by atoms with van der Waals surface area (Å²) < 4.78 is 36.7. The van der Waals surface area contributed by atoms with E-state index in [0.29, 0.717) is 18.6 Å². The summed E-state index contributed by atoms with van der Waals surface area (Å²) in [6, 6.07) is 0. The minimum Gasteiger partial charge on any atom is -0.288 e. The Morgan fingerprint density at radius 1 is 1.29 bits per heavy atom. The molecule has 0 saturated heterocycles. The van der Waals surface area contributed by atoms with E-state index < -0.39 is 19.0 Å². The molecule has 0 bridgehead atoms. The molecule has 0 aromatic rings. The first-order valence-electron chi connectivity index (χ1n) is 4.55. The van der Waals surface area contributed by atoms with E-state index in [1.165, 1.54) is 18.7 Å². The van der Waals surface area contributed by atoms with Crippen LogP contribution in [0.1, 0.15) is 26.2 Å². The second-order valence-corrected chi connectivity index (χ2v) is 4.29. The topological polar surface area (TPSA) is 17.1 Å². The fraction of sp³-hybridized carbons (Fsp3) is 0.889. The lowest BCUT2D eigenvalue weighted by atomic mass is 10.1. The van der Waals surface area contributed by atoms with E-state index in [9.17, 15) is 18.0 Å². The molecule has 5 heteroatoms. The monoisotopic (exact) mass is 228 g/mol. The van der Waals surface area contributed by atoms with Crippen molar-refractivity contribution in [3.63, 3.8) is 0 Å². The van der Waals surface area contributed by atoms with Crippen molar-refractivity contribution in [2.45, 2.75) is 38.5 Å². The standard InChI is InChI=1S/C9H15F3OS/c1-7(13)14-5-3-2-4-8(11)9(12)6-10/h8-9H,2-6H2,1H3. The summed E-state index contributed by atoms with van der Waals surface area (Å²) >= 11 is 1.17. The highest BCUT2D eigenvalue weighted by molar-refractivity contribution is 8.13. The summed E-state index contributed by atoms with van der Waals surface area (Å²) in [5.41, 5.74) is 0. The first-order chi connectivity index (χ1) is 6.57. The number of hydrogen-bond donors (Lipinski definition) is 0. The van der Waals surface area contributed by atoms with Gasteiger partial charge in [-0.3, -0.25) is 4.79 Å². The Kier molecular flexibility index (Phi) is 8.04. The maximum atomic E-state index is 12.7. The zero-order chi connectivity index (χ0) is 11.0. The molecule has 14 heavy (non-hydrogen) atoms. The van der Waals surface area contributed by atoms with Crippen LogP contribution in [0.25, 0.3) is 0 Å². The second kappa shape index (κ2) is 8.15. The van der Waals surface area contributed by atoms with Crippen molar-refractivity contribution in [1.29, 1.82) is 0 Å². The predicted molar refractivity (Wildman–Crippen MR) is 52.8 cm³/mol. The van der Waals surface area contributed by atoms with Gasteiger partial charge in [0.2, 0.25) is 0 Å². The van der Waals surface area contributed by atoms with Crippen LogP contribution in [0.4, 0.5) is 13.2 Å². The Bertz CT molecular complexity index is 166. The molecule has 2 unspecified atom stereocenters. The number of rotatable bonds is 7. The van der Waals surface area contributed by atoms with Gasteiger partial charge in [-0.05, 0) is 19.3 Å². The van der Waals surface area contributed by atoms with Crippen molar-refractivity contribution < 1.29 is 18.0 Å². The molecule has 0 spiro atoms. The van der Waals surface area contributed by atoms with Crippen molar-refractivity contribution in [2.24, 2.45) is 0 Å². The number of unbranched alkanes of at least 4 members (excludes halogenated alkanes) is 1. The Morgan fingerprint density at radius 2 is 1.93 bits per heavy atom. The first kappa shape index (κ1) is 13.8. The minimum absolute atomic E-state index is 0.0222. The smallest absolute Gasteiger partial charge is 0.185 e. The van der Waals surface area contributed by atoms with Gasteiger partial charge in [0, 0.05) is 12.7 Å². The zero-order valence-electron chi connectivity index (χ0n) is 8.14. The van der Waals surface area contributed by atoms with Gasteiger partial charge in [0.25, 0.3) is 0 Å². The summed E-state index contributed by atoms with van der Waals surface area (Å²) in [4.78, 5) is 10.5. The molecule has 0 aliphatic carbocycles. The van der Waals surface area contributed by atoms with Crippen LogP contribution in [0, 0.1) is 0 Å². The van der Waals surface area contributed by atoms with Gasteiger partial charge >= 0.3 is 0 Å². The van der Waals surface area contributed by atoms with Gasteiger partial charge in [-0.2, -0.15) is 0 Å². The van der Waals surface area contributed by atoms with Crippen LogP contribution in [0.3, 0.4) is 0 Å². The van der Waals surface area contributed by atoms with Crippen LogP contribution in [0.15, 0.2) is 0 Å². The fourth-order valence-corrected chi connectivity index (χ4v) is 1.57. The van der Waals surface area contributed by atoms with Crippen LogP contribution in [0.2, 0.25) is 0 Å². The van der Waals surface area contributed by atoms with Gasteiger partial charge in [0.15, 0.2) is 11.3 Å². The van der Waals surface area contributed by atoms with E-state index in [4.69, 9.17) is 0 Å². The van der Waals surface area contributed by atoms with E-state index in [1.807, 2.05) is 0 Å². The lowest BCUT2D eigenvalue weighted by Gasteiger charge is -2.09. The highest BCUT2D eigenvalue weighted by Gasteiger charge is 2.19. The molecule has 2 atom stereocenters. The van der Waals surface area contributed by atoms with Crippen LogP contribution >= 0.6 is 11.8 Å². The summed E-state index contributed by atoms with van der Waals surface area (Å²) in [6.07, 6.45) is -2.52. The Labute approximate surface area is 86.4 Å². The molecular weight excluding hydrogens is 213 g/mol. The average molecular weight is 228 g/mol. The number of carbonyl (C=O) groups excluding carboxylic acids is 1. The molecule has 0 N–H and O–H groups in total. The lowest BCUT2D eigenvalue weighted by Crippen LogP contribution is -2.19. The second-order valence-electron chi connectivity index (χ2n) is 3.02. The van der Waals surface area contributed by atoms with Gasteiger partial charge < -0.3 is 0 Å². The normalized spacial score (nSPS) is 15.1. The number of halogens is 3.